The SMILES string of the molecule is N#Cc1ccc(-c2ccc3c(c2)c2cc(-c4ccc(C#N)cc4C#N)ccc2n3-c2cc(C(F)(F)F)c(-n3c4ccc(-c5ccc(C#N)cc5C#N)cc4c4cc(-c5ccc(C#N)cc5C#N)ccc43)cc2-c2cccc(C(F)(F)F)c2)c(C#N)c1. The first-order chi connectivity index (χ1) is 41.5. The molecule has 0 saturated heterocycles. The summed E-state index contributed by atoms with van der Waals surface area (Å²) in [6, 6.07) is 60.9. The van der Waals surface area contributed by atoms with Crippen molar-refractivity contribution in [3.63, 3.8) is 0 Å². The number of halogens is 6. The Balaban J connectivity index is 1.20. The summed E-state index contributed by atoms with van der Waals surface area (Å²) in [5, 5.41) is 81.3. The van der Waals surface area contributed by atoms with Crippen molar-refractivity contribution in [3.8, 4) is 116 Å². The van der Waals surface area contributed by atoms with E-state index in [4.69, 9.17) is 0 Å². The molecule has 12 aromatic rings. The second-order valence-corrected chi connectivity index (χ2v) is 20.0. The van der Waals surface area contributed by atoms with Crippen molar-refractivity contribution in [2.75, 3.05) is 0 Å². The van der Waals surface area contributed by atoms with E-state index in [0.717, 1.165) is 18.2 Å². The molecule has 2 aromatic heterocycles. The molecule has 402 valence electrons. The summed E-state index contributed by atoms with van der Waals surface area (Å²) in [5.41, 5.74) is 2.86. The number of aromatic nitrogens is 2. The van der Waals surface area contributed by atoms with Crippen LogP contribution in [0.1, 0.15) is 55.6 Å². The first-order valence-corrected chi connectivity index (χ1v) is 25.9. The third-order valence-electron chi connectivity index (χ3n) is 15.3. The van der Waals surface area contributed by atoms with Gasteiger partial charge in [-0.05, 0) is 171 Å². The molecule has 86 heavy (non-hydrogen) atoms. The molecule has 0 saturated carbocycles. The molecular weight excluding hydrogens is 1090 g/mol. The van der Waals surface area contributed by atoms with E-state index in [2.05, 4.69) is 24.3 Å². The number of hydrogen-bond donors (Lipinski definition) is 0. The van der Waals surface area contributed by atoms with Crippen LogP contribution in [0.25, 0.3) is 111 Å². The molecule has 0 aliphatic heterocycles. The summed E-state index contributed by atoms with van der Waals surface area (Å²) in [7, 11) is 0. The molecule has 0 spiro atoms. The van der Waals surface area contributed by atoms with Gasteiger partial charge in [0, 0.05) is 27.1 Å². The molecule has 12 rings (SSSR count). The van der Waals surface area contributed by atoms with Crippen molar-refractivity contribution in [3.05, 3.63) is 238 Å². The van der Waals surface area contributed by atoms with Crippen LogP contribution in [0.2, 0.25) is 0 Å². The van der Waals surface area contributed by atoms with E-state index in [0.29, 0.717) is 77.1 Å². The van der Waals surface area contributed by atoms with Gasteiger partial charge in [-0.1, -0.05) is 60.7 Å². The Hall–Kier alpha value is -12.7. The van der Waals surface area contributed by atoms with Crippen LogP contribution in [-0.4, -0.2) is 9.13 Å². The highest BCUT2D eigenvalue weighted by Gasteiger charge is 2.38. The molecule has 0 N–H and O–H groups in total. The zero-order chi connectivity index (χ0) is 60.3. The van der Waals surface area contributed by atoms with Gasteiger partial charge in [-0.15, -0.1) is 0 Å². The first kappa shape index (κ1) is 53.9. The lowest BCUT2D eigenvalue weighted by atomic mass is 9.95. The number of benzene rings is 10. The second kappa shape index (κ2) is 20.7. The third-order valence-corrected chi connectivity index (χ3v) is 15.3. The Labute approximate surface area is 484 Å². The van der Waals surface area contributed by atoms with Gasteiger partial charge in [0.25, 0.3) is 0 Å². The highest BCUT2D eigenvalue weighted by atomic mass is 19.4. The fourth-order valence-corrected chi connectivity index (χ4v) is 11.3. The van der Waals surface area contributed by atoms with E-state index < -0.39 is 29.2 Å². The van der Waals surface area contributed by atoms with Crippen LogP contribution in [0, 0.1) is 90.6 Å². The van der Waals surface area contributed by atoms with Gasteiger partial charge in [-0.2, -0.15) is 68.4 Å². The maximum atomic E-state index is 16.7. The molecule has 0 bridgehead atoms. The van der Waals surface area contributed by atoms with Gasteiger partial charge < -0.3 is 9.13 Å². The largest absolute Gasteiger partial charge is 0.418 e. The summed E-state index contributed by atoms with van der Waals surface area (Å²) in [6.45, 7) is 0. The predicted octanol–water partition coefficient (Wildman–Crippen LogP) is 17.2. The first-order valence-electron chi connectivity index (χ1n) is 25.9. The minimum atomic E-state index is -5.18. The highest BCUT2D eigenvalue weighted by molar-refractivity contribution is 6.14. The van der Waals surface area contributed by atoms with Crippen LogP contribution in [0.3, 0.4) is 0 Å². The lowest BCUT2D eigenvalue weighted by Gasteiger charge is -2.22. The zero-order valence-electron chi connectivity index (χ0n) is 44.1. The molecule has 10 aromatic carbocycles. The molecule has 0 fully saturated rings. The molecule has 2 heterocycles. The molecule has 0 aliphatic rings. The Morgan fingerprint density at radius 3 is 0.907 bits per heavy atom. The number of hydrogen-bond acceptors (Lipinski definition) is 8. The Morgan fingerprint density at radius 1 is 0.279 bits per heavy atom. The molecule has 10 nitrogen and oxygen atoms in total. The summed E-state index contributed by atoms with van der Waals surface area (Å²) < 4.78 is 97.5. The Kier molecular flexibility index (Phi) is 13.0. The summed E-state index contributed by atoms with van der Waals surface area (Å²) >= 11 is 0. The molecule has 0 radical (unpaired) electrons. The molecule has 0 unspecified atom stereocenters. The van der Waals surface area contributed by atoms with E-state index in [-0.39, 0.29) is 72.4 Å². The van der Waals surface area contributed by atoms with Crippen molar-refractivity contribution < 1.29 is 26.3 Å². The highest BCUT2D eigenvalue weighted by Crippen LogP contribution is 2.48. The Bertz CT molecular complexity index is 5070. The topological polar surface area (TPSA) is 200 Å². The van der Waals surface area contributed by atoms with Crippen LogP contribution >= 0.6 is 0 Å². The average molecular weight is 1130 g/mol. The summed E-state index contributed by atoms with van der Waals surface area (Å²) in [6.07, 6.45) is -10.1. The normalized spacial score (nSPS) is 11.3. The standard InChI is InChI=1S/C70H30F6N10/c71-69(72,73)52-3-1-2-43(24-52)57-29-68(86-65-18-10-46(55-14-6-41(33-79)22-50(55)37-83)27-60(65)61-28-47(11-19-66(61)86)56-15-7-42(34-80)23-51(56)38-84)62(70(74,75)76)30-67(57)85-63-16-8-44(53-12-4-39(31-77)20-48(53)35-81)25-58(63)59-26-45(9-17-64(59)85)54-13-5-40(32-78)21-49(54)36-82/h1-30H. The van der Waals surface area contributed by atoms with E-state index >= 15 is 13.2 Å². The fraction of sp³-hybridized carbons (Fsp3) is 0.0286. The van der Waals surface area contributed by atoms with Crippen molar-refractivity contribution in [1.82, 2.24) is 9.13 Å². The van der Waals surface area contributed by atoms with Gasteiger partial charge in [0.2, 0.25) is 0 Å². The van der Waals surface area contributed by atoms with E-state index in [1.165, 1.54) is 75.9 Å². The van der Waals surface area contributed by atoms with Gasteiger partial charge in [-0.3, -0.25) is 0 Å². The number of nitriles is 8. The predicted molar refractivity (Wildman–Crippen MR) is 310 cm³/mol. The van der Waals surface area contributed by atoms with Gasteiger partial charge in [0.1, 0.15) is 0 Å². The fourth-order valence-electron chi connectivity index (χ4n) is 11.3. The smallest absolute Gasteiger partial charge is 0.309 e. The number of rotatable bonds is 7. The van der Waals surface area contributed by atoms with Gasteiger partial charge >= 0.3 is 12.4 Å². The van der Waals surface area contributed by atoms with Crippen molar-refractivity contribution in [1.29, 1.82) is 42.1 Å². The minimum Gasteiger partial charge on any atom is -0.309 e. The van der Waals surface area contributed by atoms with Crippen molar-refractivity contribution >= 4 is 43.6 Å². The molecule has 16 heteroatoms. The molecule has 0 atom stereocenters. The molecular formula is C70H30F6N10. The zero-order valence-corrected chi connectivity index (χ0v) is 44.1. The quantitative estimate of drug-likeness (QED) is 0.140. The molecule has 0 amide bonds. The van der Waals surface area contributed by atoms with Gasteiger partial charge in [0.15, 0.2) is 0 Å². The van der Waals surface area contributed by atoms with Crippen molar-refractivity contribution in [2.45, 2.75) is 12.4 Å². The van der Waals surface area contributed by atoms with Crippen LogP contribution in [-0.2, 0) is 12.4 Å². The average Bonchev–Trinajstić information content (AvgIpc) is 1.60. The van der Waals surface area contributed by atoms with Gasteiger partial charge in [-0.25, -0.2) is 0 Å². The van der Waals surface area contributed by atoms with Crippen molar-refractivity contribution in [2.24, 2.45) is 0 Å². The van der Waals surface area contributed by atoms with Crippen LogP contribution < -0.4 is 0 Å². The number of fused-ring (bicyclic) bond motifs is 6. The van der Waals surface area contributed by atoms with Gasteiger partial charge in [0.05, 0.1) is 138 Å². The maximum absolute atomic E-state index is 16.7. The van der Waals surface area contributed by atoms with Crippen LogP contribution in [0.5, 0.6) is 0 Å². The minimum absolute atomic E-state index is 0.0699. The lowest BCUT2D eigenvalue weighted by Crippen LogP contribution is -2.13. The third kappa shape index (κ3) is 9.05. The lowest BCUT2D eigenvalue weighted by molar-refractivity contribution is -0.138. The summed E-state index contributed by atoms with van der Waals surface area (Å²) in [4.78, 5) is 0. The number of alkyl halides is 6. The monoisotopic (exact) mass is 1120 g/mol. The molecule has 0 aliphatic carbocycles. The summed E-state index contributed by atoms with van der Waals surface area (Å²) in [5.74, 6) is 0. The van der Waals surface area contributed by atoms with E-state index in [1.807, 2.05) is 24.3 Å². The van der Waals surface area contributed by atoms with Crippen LogP contribution in [0.4, 0.5) is 26.3 Å². The van der Waals surface area contributed by atoms with E-state index in [1.54, 1.807) is 97.1 Å². The second-order valence-electron chi connectivity index (χ2n) is 20.0. The Morgan fingerprint density at radius 2 is 0.605 bits per heavy atom. The van der Waals surface area contributed by atoms with E-state index in [9.17, 15) is 55.3 Å². The number of nitrogens with zero attached hydrogens (tertiary/aromatic N) is 10. The van der Waals surface area contributed by atoms with Crippen LogP contribution in [0.15, 0.2) is 182 Å². The maximum Gasteiger partial charge on any atom is 0.418 e.